The minimum atomic E-state index is -0.710. The van der Waals surface area contributed by atoms with Crippen molar-refractivity contribution in [2.75, 3.05) is 12.4 Å². The Morgan fingerprint density at radius 2 is 2.06 bits per heavy atom. The Labute approximate surface area is 94.9 Å². The zero-order valence-corrected chi connectivity index (χ0v) is 9.96. The number of rotatable bonds is 3. The van der Waals surface area contributed by atoms with Crippen LogP contribution in [0.1, 0.15) is 19.5 Å². The van der Waals surface area contributed by atoms with Crippen molar-refractivity contribution in [1.82, 2.24) is 10.3 Å². The largest absolute Gasteiger partial charge is 0.504 e. The molecular formula is C11H17N3O2. The molecule has 1 aromatic rings. The molecule has 0 aromatic carbocycles. The van der Waals surface area contributed by atoms with E-state index in [0.29, 0.717) is 0 Å². The number of anilines is 1. The summed E-state index contributed by atoms with van der Waals surface area (Å²) in [6, 6.07) is 3.18. The third-order valence-corrected chi connectivity index (χ3v) is 2.44. The number of pyridine rings is 1. The van der Waals surface area contributed by atoms with E-state index < -0.39 is 5.54 Å². The van der Waals surface area contributed by atoms with Gasteiger partial charge in [0.15, 0.2) is 11.6 Å². The number of hydrogen-bond donors (Lipinski definition) is 3. The lowest BCUT2D eigenvalue weighted by Gasteiger charge is -2.22. The van der Waals surface area contributed by atoms with Crippen molar-refractivity contribution in [1.29, 1.82) is 0 Å². The lowest BCUT2D eigenvalue weighted by molar-refractivity contribution is -0.121. The average molecular weight is 223 g/mol. The highest BCUT2D eigenvalue weighted by molar-refractivity contribution is 5.97. The molecule has 0 bridgehead atoms. The summed E-state index contributed by atoms with van der Waals surface area (Å²) in [5.41, 5.74) is 0.0214. The molecule has 1 heterocycles. The third kappa shape index (κ3) is 2.70. The van der Waals surface area contributed by atoms with E-state index in [0.717, 1.165) is 5.69 Å². The summed E-state index contributed by atoms with van der Waals surface area (Å²) in [6.45, 7) is 5.28. The fraction of sp³-hybridized carbons (Fsp3) is 0.455. The predicted octanol–water partition coefficient (Wildman–Crippen LogP) is 1.03. The van der Waals surface area contributed by atoms with Gasteiger partial charge in [0, 0.05) is 5.69 Å². The van der Waals surface area contributed by atoms with Crippen LogP contribution in [0.25, 0.3) is 0 Å². The van der Waals surface area contributed by atoms with Gasteiger partial charge in [-0.05, 0) is 40.0 Å². The summed E-state index contributed by atoms with van der Waals surface area (Å²) < 4.78 is 0. The summed E-state index contributed by atoms with van der Waals surface area (Å²) in [5.74, 6) is -0.0948. The van der Waals surface area contributed by atoms with Gasteiger partial charge < -0.3 is 15.7 Å². The van der Waals surface area contributed by atoms with Gasteiger partial charge in [0.05, 0.1) is 5.54 Å². The maximum absolute atomic E-state index is 11.8. The Kier molecular flexibility index (Phi) is 3.49. The molecule has 0 aliphatic heterocycles. The highest BCUT2D eigenvalue weighted by Crippen LogP contribution is 2.21. The fourth-order valence-electron chi connectivity index (χ4n) is 1.02. The first-order valence-corrected chi connectivity index (χ1v) is 5.04. The molecule has 3 N–H and O–H groups in total. The van der Waals surface area contributed by atoms with Crippen molar-refractivity contribution in [3.8, 4) is 5.75 Å². The minimum Gasteiger partial charge on any atom is -0.504 e. The lowest BCUT2D eigenvalue weighted by Crippen LogP contribution is -2.48. The van der Waals surface area contributed by atoms with Gasteiger partial charge in [-0.25, -0.2) is 4.98 Å². The number of aromatic hydroxyl groups is 1. The molecule has 88 valence electrons. The molecule has 1 rings (SSSR count). The van der Waals surface area contributed by atoms with Crippen molar-refractivity contribution in [3.05, 3.63) is 17.8 Å². The molecule has 0 spiro atoms. The highest BCUT2D eigenvalue weighted by Gasteiger charge is 2.26. The van der Waals surface area contributed by atoms with E-state index in [1.165, 1.54) is 6.07 Å². The number of nitrogens with zero attached hydrogens (tertiary/aromatic N) is 1. The number of aromatic nitrogens is 1. The normalized spacial score (nSPS) is 11.2. The van der Waals surface area contributed by atoms with Crippen LogP contribution in [0.2, 0.25) is 0 Å². The van der Waals surface area contributed by atoms with Crippen LogP contribution in [0.4, 0.5) is 5.82 Å². The Morgan fingerprint density at radius 1 is 1.44 bits per heavy atom. The Bertz CT molecular complexity index is 402. The van der Waals surface area contributed by atoms with E-state index in [9.17, 15) is 9.90 Å². The van der Waals surface area contributed by atoms with Crippen molar-refractivity contribution in [2.45, 2.75) is 26.3 Å². The molecular weight excluding hydrogens is 206 g/mol. The van der Waals surface area contributed by atoms with Gasteiger partial charge in [-0.15, -0.1) is 0 Å². The summed E-state index contributed by atoms with van der Waals surface area (Å²) in [4.78, 5) is 15.9. The number of carbonyl (C=O) groups is 1. The molecule has 5 heteroatoms. The molecule has 0 aliphatic carbocycles. The van der Waals surface area contributed by atoms with Gasteiger partial charge in [0.2, 0.25) is 5.91 Å². The van der Waals surface area contributed by atoms with Gasteiger partial charge >= 0.3 is 0 Å². The molecule has 0 saturated carbocycles. The smallest absolute Gasteiger partial charge is 0.245 e. The fourth-order valence-corrected chi connectivity index (χ4v) is 1.02. The zero-order valence-electron chi connectivity index (χ0n) is 9.96. The van der Waals surface area contributed by atoms with Gasteiger partial charge in [-0.2, -0.15) is 0 Å². The average Bonchev–Trinajstić information content (AvgIpc) is 2.23. The number of nitrogens with one attached hydrogen (secondary N) is 2. The van der Waals surface area contributed by atoms with Crippen LogP contribution in [0.5, 0.6) is 5.75 Å². The molecule has 16 heavy (non-hydrogen) atoms. The molecule has 0 radical (unpaired) electrons. The van der Waals surface area contributed by atoms with Crippen molar-refractivity contribution in [3.63, 3.8) is 0 Å². The molecule has 0 fully saturated rings. The number of carbonyl (C=O) groups excluding carboxylic acids is 1. The van der Waals surface area contributed by atoms with E-state index in [1.807, 2.05) is 0 Å². The number of likely N-dealkylation sites (N-methyl/N-ethyl adjacent to an activating group) is 1. The van der Waals surface area contributed by atoms with E-state index >= 15 is 0 Å². The monoisotopic (exact) mass is 223 g/mol. The second-order valence-corrected chi connectivity index (χ2v) is 4.15. The first-order valence-electron chi connectivity index (χ1n) is 5.04. The number of amides is 1. The molecule has 5 nitrogen and oxygen atoms in total. The van der Waals surface area contributed by atoms with Crippen LogP contribution in [0.3, 0.4) is 0 Å². The highest BCUT2D eigenvalue weighted by atomic mass is 16.3. The molecule has 1 aromatic heterocycles. The summed E-state index contributed by atoms with van der Waals surface area (Å²) in [6.07, 6.45) is 0. The zero-order chi connectivity index (χ0) is 12.3. The second kappa shape index (κ2) is 4.49. The van der Waals surface area contributed by atoms with E-state index in [2.05, 4.69) is 15.6 Å². The van der Waals surface area contributed by atoms with Crippen LogP contribution in [-0.2, 0) is 4.79 Å². The SMILES string of the molecule is CNC(C)(C)C(=O)Nc1nc(C)ccc1O. The molecule has 0 saturated heterocycles. The first-order chi connectivity index (χ1) is 7.36. The second-order valence-electron chi connectivity index (χ2n) is 4.15. The van der Waals surface area contributed by atoms with Crippen LogP contribution in [0.15, 0.2) is 12.1 Å². The van der Waals surface area contributed by atoms with E-state index in [-0.39, 0.29) is 17.5 Å². The molecule has 0 unspecified atom stereocenters. The van der Waals surface area contributed by atoms with Gasteiger partial charge in [0.25, 0.3) is 0 Å². The Hall–Kier alpha value is -1.62. The van der Waals surface area contributed by atoms with E-state index in [1.54, 1.807) is 33.9 Å². The number of aryl methyl sites for hydroxylation is 1. The van der Waals surface area contributed by atoms with Gasteiger partial charge in [0.1, 0.15) is 0 Å². The van der Waals surface area contributed by atoms with Gasteiger partial charge in [-0.1, -0.05) is 0 Å². The van der Waals surface area contributed by atoms with Crippen molar-refractivity contribution < 1.29 is 9.90 Å². The summed E-state index contributed by atoms with van der Waals surface area (Å²) in [7, 11) is 1.70. The maximum atomic E-state index is 11.8. The topological polar surface area (TPSA) is 74.2 Å². The van der Waals surface area contributed by atoms with Crippen LogP contribution >= 0.6 is 0 Å². The summed E-state index contributed by atoms with van der Waals surface area (Å²) >= 11 is 0. The predicted molar refractivity (Wildman–Crippen MR) is 62.4 cm³/mol. The van der Waals surface area contributed by atoms with Crippen LogP contribution in [0, 0.1) is 6.92 Å². The lowest BCUT2D eigenvalue weighted by atomic mass is 10.1. The first kappa shape index (κ1) is 12.4. The Balaban J connectivity index is 2.89. The van der Waals surface area contributed by atoms with Crippen LogP contribution < -0.4 is 10.6 Å². The van der Waals surface area contributed by atoms with Crippen LogP contribution in [-0.4, -0.2) is 28.6 Å². The minimum absolute atomic E-state index is 0.0362. The van der Waals surface area contributed by atoms with Gasteiger partial charge in [-0.3, -0.25) is 4.79 Å². The maximum Gasteiger partial charge on any atom is 0.245 e. The standard InChI is InChI=1S/C11H17N3O2/c1-7-5-6-8(15)9(13-7)14-10(16)11(2,3)12-4/h5-6,12,15H,1-4H3,(H,13,14,16). The van der Waals surface area contributed by atoms with E-state index in [4.69, 9.17) is 0 Å². The Morgan fingerprint density at radius 3 is 2.62 bits per heavy atom. The molecule has 0 atom stereocenters. The van der Waals surface area contributed by atoms with Crippen molar-refractivity contribution in [2.24, 2.45) is 0 Å². The molecule has 1 amide bonds. The molecule has 0 aliphatic rings. The van der Waals surface area contributed by atoms with Crippen molar-refractivity contribution >= 4 is 11.7 Å². The third-order valence-electron chi connectivity index (χ3n) is 2.44. The number of hydrogen-bond acceptors (Lipinski definition) is 4. The quantitative estimate of drug-likeness (QED) is 0.715. The summed E-state index contributed by atoms with van der Waals surface area (Å²) in [5, 5.41) is 15.0.